The lowest BCUT2D eigenvalue weighted by molar-refractivity contribution is -0.123. The van der Waals surface area contributed by atoms with Gasteiger partial charge in [-0.05, 0) is 32.9 Å². The summed E-state index contributed by atoms with van der Waals surface area (Å²) in [5.74, 6) is -0.230. The van der Waals surface area contributed by atoms with E-state index >= 15 is 0 Å². The second-order valence-electron chi connectivity index (χ2n) is 5.69. The molecule has 0 saturated heterocycles. The second-order valence-corrected chi connectivity index (χ2v) is 5.69. The number of carbonyl (C=O) groups excluding carboxylic acids is 2. The largest absolute Gasteiger partial charge is 0.449 e. The van der Waals surface area contributed by atoms with Gasteiger partial charge in [-0.1, -0.05) is 23.4 Å². The minimum Gasteiger partial charge on any atom is -0.449 e. The molecule has 3 aromatic rings. The van der Waals surface area contributed by atoms with Gasteiger partial charge in [0.2, 0.25) is 0 Å². The first-order valence-corrected chi connectivity index (χ1v) is 7.75. The van der Waals surface area contributed by atoms with Crippen LogP contribution >= 0.6 is 0 Å². The number of nitrogens with one attached hydrogen (secondary N) is 1. The van der Waals surface area contributed by atoms with Crippen molar-refractivity contribution < 1.29 is 18.8 Å². The molecule has 2 aromatic heterocycles. The van der Waals surface area contributed by atoms with Crippen LogP contribution in [-0.4, -0.2) is 28.1 Å². The van der Waals surface area contributed by atoms with Gasteiger partial charge < -0.3 is 14.6 Å². The lowest BCUT2D eigenvalue weighted by Crippen LogP contribution is -2.30. The van der Waals surface area contributed by atoms with E-state index in [1.807, 2.05) is 18.2 Å². The first kappa shape index (κ1) is 16.6. The molecule has 1 amide bonds. The highest BCUT2D eigenvalue weighted by molar-refractivity contribution is 6.04. The zero-order chi connectivity index (χ0) is 18.0. The van der Waals surface area contributed by atoms with Crippen LogP contribution in [0.15, 0.2) is 40.9 Å². The molecule has 0 aliphatic carbocycles. The smallest absolute Gasteiger partial charge is 0.339 e. The summed E-state index contributed by atoms with van der Waals surface area (Å²) in [4.78, 5) is 29.0. The molecular weight excluding hydrogens is 322 g/mol. The number of carbonyl (C=O) groups is 2. The Bertz CT molecular complexity index is 948. The third kappa shape index (κ3) is 3.65. The Labute approximate surface area is 144 Å². The maximum absolute atomic E-state index is 12.5. The number of ether oxygens (including phenoxy) is 1. The van der Waals surface area contributed by atoms with Crippen LogP contribution in [0.2, 0.25) is 0 Å². The number of rotatable bonds is 4. The quantitative estimate of drug-likeness (QED) is 0.734. The Hall–Kier alpha value is -3.22. The highest BCUT2D eigenvalue weighted by atomic mass is 16.5. The molecule has 0 bridgehead atoms. The van der Waals surface area contributed by atoms with E-state index in [1.54, 1.807) is 32.0 Å². The number of nitrogens with zero attached hydrogens (tertiary/aromatic N) is 2. The number of aryl methyl sites for hydroxylation is 2. The molecule has 0 spiro atoms. The van der Waals surface area contributed by atoms with Gasteiger partial charge in [0, 0.05) is 17.1 Å². The molecule has 2 heterocycles. The average Bonchev–Trinajstić information content (AvgIpc) is 2.98. The maximum Gasteiger partial charge on any atom is 0.339 e. The molecule has 0 saturated carbocycles. The zero-order valence-corrected chi connectivity index (χ0v) is 14.1. The number of aromatic nitrogens is 2. The second kappa shape index (κ2) is 6.72. The summed E-state index contributed by atoms with van der Waals surface area (Å²) in [6.45, 7) is 5.01. The van der Waals surface area contributed by atoms with Gasteiger partial charge in [-0.3, -0.25) is 9.78 Å². The van der Waals surface area contributed by atoms with Crippen molar-refractivity contribution in [1.29, 1.82) is 0 Å². The monoisotopic (exact) mass is 339 g/mol. The Morgan fingerprint density at radius 1 is 1.20 bits per heavy atom. The van der Waals surface area contributed by atoms with Crippen molar-refractivity contribution in [3.05, 3.63) is 53.4 Å². The molecule has 0 aliphatic rings. The van der Waals surface area contributed by atoms with Crippen LogP contribution in [0, 0.1) is 13.8 Å². The van der Waals surface area contributed by atoms with E-state index in [1.165, 1.54) is 6.92 Å². The molecule has 0 fully saturated rings. The number of hydrogen-bond donors (Lipinski definition) is 1. The summed E-state index contributed by atoms with van der Waals surface area (Å²) in [5.41, 5.74) is 1.77. The normalized spacial score (nSPS) is 12.0. The van der Waals surface area contributed by atoms with Crippen molar-refractivity contribution in [2.45, 2.75) is 26.9 Å². The van der Waals surface area contributed by atoms with Crippen molar-refractivity contribution >= 4 is 28.6 Å². The highest BCUT2D eigenvalue weighted by Gasteiger charge is 2.21. The van der Waals surface area contributed by atoms with Crippen LogP contribution in [0.3, 0.4) is 0 Å². The summed E-state index contributed by atoms with van der Waals surface area (Å²) < 4.78 is 10.2. The topological polar surface area (TPSA) is 94.3 Å². The van der Waals surface area contributed by atoms with E-state index in [-0.39, 0.29) is 5.82 Å². The summed E-state index contributed by atoms with van der Waals surface area (Å²) in [6, 6.07) is 10.5. The van der Waals surface area contributed by atoms with Crippen molar-refractivity contribution in [2.24, 2.45) is 0 Å². The van der Waals surface area contributed by atoms with Crippen molar-refractivity contribution in [3.8, 4) is 0 Å². The Balaban J connectivity index is 1.76. The van der Waals surface area contributed by atoms with Gasteiger partial charge in [-0.15, -0.1) is 0 Å². The fourth-order valence-corrected chi connectivity index (χ4v) is 2.41. The van der Waals surface area contributed by atoms with Gasteiger partial charge in [0.05, 0.1) is 11.1 Å². The molecule has 0 unspecified atom stereocenters. The summed E-state index contributed by atoms with van der Waals surface area (Å²) in [6.07, 6.45) is -0.989. The molecule has 7 heteroatoms. The predicted molar refractivity (Wildman–Crippen MR) is 91.2 cm³/mol. The van der Waals surface area contributed by atoms with Crippen molar-refractivity contribution in [3.63, 3.8) is 0 Å². The van der Waals surface area contributed by atoms with Crippen LogP contribution in [0.4, 0.5) is 5.82 Å². The van der Waals surface area contributed by atoms with Gasteiger partial charge in [0.25, 0.3) is 5.91 Å². The van der Waals surface area contributed by atoms with Crippen molar-refractivity contribution in [2.75, 3.05) is 5.32 Å². The Kier molecular flexibility index (Phi) is 4.47. The summed E-state index contributed by atoms with van der Waals surface area (Å²) >= 11 is 0. The molecule has 1 N–H and O–H groups in total. The van der Waals surface area contributed by atoms with Crippen LogP contribution < -0.4 is 5.32 Å². The van der Waals surface area contributed by atoms with Crippen LogP contribution in [0.5, 0.6) is 0 Å². The lowest BCUT2D eigenvalue weighted by atomic mass is 10.1. The van der Waals surface area contributed by atoms with Gasteiger partial charge in [-0.25, -0.2) is 4.79 Å². The number of para-hydroxylation sites is 1. The Morgan fingerprint density at radius 2 is 1.96 bits per heavy atom. The molecule has 7 nitrogen and oxygen atoms in total. The van der Waals surface area contributed by atoms with Gasteiger partial charge in [0.15, 0.2) is 11.9 Å². The highest BCUT2D eigenvalue weighted by Crippen LogP contribution is 2.20. The Morgan fingerprint density at radius 3 is 2.68 bits per heavy atom. The summed E-state index contributed by atoms with van der Waals surface area (Å²) in [5, 5.41) is 6.89. The molecule has 25 heavy (non-hydrogen) atoms. The molecule has 0 aliphatic heterocycles. The van der Waals surface area contributed by atoms with Gasteiger partial charge >= 0.3 is 5.97 Å². The van der Waals surface area contributed by atoms with E-state index in [4.69, 9.17) is 9.26 Å². The number of anilines is 1. The minimum atomic E-state index is -0.989. The third-order valence-corrected chi connectivity index (χ3v) is 3.60. The number of fused-ring (bicyclic) bond motifs is 1. The maximum atomic E-state index is 12.5. The standard InChI is InChI=1S/C18H17N3O4/c1-10-8-14(13-6-4-5-7-15(13)19-10)18(23)24-12(3)17(22)20-16-9-11(2)25-21-16/h4-9,12H,1-3H3,(H,20,21,22)/t12-/m1/s1. The molecular formula is C18H17N3O4. The minimum absolute atomic E-state index is 0.274. The number of pyridine rings is 1. The average molecular weight is 339 g/mol. The predicted octanol–water partition coefficient (Wildman–Crippen LogP) is 3.02. The first-order valence-electron chi connectivity index (χ1n) is 7.75. The SMILES string of the molecule is Cc1cc(C(=O)O[C@H](C)C(=O)Nc2cc(C)on2)c2ccccc2n1. The fourth-order valence-electron chi connectivity index (χ4n) is 2.41. The van der Waals surface area contributed by atoms with E-state index < -0.39 is 18.0 Å². The fraction of sp³-hybridized carbons (Fsp3) is 0.222. The van der Waals surface area contributed by atoms with Crippen LogP contribution in [0.25, 0.3) is 10.9 Å². The molecule has 1 aromatic carbocycles. The molecule has 1 atom stereocenters. The van der Waals surface area contributed by atoms with E-state index in [9.17, 15) is 9.59 Å². The van der Waals surface area contributed by atoms with Gasteiger partial charge in [-0.2, -0.15) is 0 Å². The van der Waals surface area contributed by atoms with E-state index in [0.29, 0.717) is 27.9 Å². The third-order valence-electron chi connectivity index (χ3n) is 3.60. The molecule has 0 radical (unpaired) electrons. The first-order chi connectivity index (χ1) is 11.9. The van der Waals surface area contributed by atoms with E-state index in [2.05, 4.69) is 15.5 Å². The number of benzene rings is 1. The van der Waals surface area contributed by atoms with Crippen LogP contribution in [-0.2, 0) is 9.53 Å². The van der Waals surface area contributed by atoms with Crippen molar-refractivity contribution in [1.82, 2.24) is 10.1 Å². The number of hydrogen-bond acceptors (Lipinski definition) is 6. The zero-order valence-electron chi connectivity index (χ0n) is 14.1. The number of amides is 1. The molecule has 3 rings (SSSR count). The summed E-state index contributed by atoms with van der Waals surface area (Å²) in [7, 11) is 0. The molecule has 128 valence electrons. The number of esters is 1. The van der Waals surface area contributed by atoms with E-state index in [0.717, 1.165) is 0 Å². The van der Waals surface area contributed by atoms with Crippen LogP contribution in [0.1, 0.15) is 28.7 Å². The lowest BCUT2D eigenvalue weighted by Gasteiger charge is -2.13. The van der Waals surface area contributed by atoms with Gasteiger partial charge in [0.1, 0.15) is 5.76 Å².